The molecule has 1 amide bonds. The summed E-state index contributed by atoms with van der Waals surface area (Å²) in [7, 11) is 4.83. The van der Waals surface area contributed by atoms with Crippen LogP contribution in [0.25, 0.3) is 0 Å². The van der Waals surface area contributed by atoms with Gasteiger partial charge in [-0.2, -0.15) is 0 Å². The molecule has 2 heterocycles. The van der Waals surface area contributed by atoms with Gasteiger partial charge in [0.1, 0.15) is 11.4 Å². The molecule has 1 fully saturated rings. The summed E-state index contributed by atoms with van der Waals surface area (Å²) in [5.74, 6) is 2.81. The van der Waals surface area contributed by atoms with E-state index in [4.69, 9.17) is 18.9 Å². The normalized spacial score (nSPS) is 17.9. The molecule has 0 aliphatic carbocycles. The molecule has 1 aromatic rings. The van der Waals surface area contributed by atoms with E-state index in [1.165, 1.54) is 0 Å². The van der Waals surface area contributed by atoms with Crippen LogP contribution >= 0.6 is 24.0 Å². The van der Waals surface area contributed by atoms with E-state index in [-0.39, 0.29) is 36.1 Å². The molecular weight excluding hydrogens is 515 g/mol. The summed E-state index contributed by atoms with van der Waals surface area (Å²) in [6.07, 6.45) is -0.265. The first-order chi connectivity index (χ1) is 14.3. The van der Waals surface area contributed by atoms with E-state index in [9.17, 15) is 4.79 Å². The quantitative estimate of drug-likeness (QED) is 0.567. The number of aliphatic imine (C=N–C) groups is 1. The molecule has 3 rings (SSSR count). The number of nitrogens with zero attached hydrogens (tertiary/aromatic N) is 3. The van der Waals surface area contributed by atoms with Crippen LogP contribution in [0.4, 0.5) is 4.79 Å². The number of hydrogen-bond acceptors (Lipinski definition) is 8. The highest BCUT2D eigenvalue weighted by Crippen LogP contribution is 2.34. The Kier molecular flexibility index (Phi) is 8.49. The van der Waals surface area contributed by atoms with Crippen LogP contribution in [0.2, 0.25) is 0 Å². The molecule has 1 saturated heterocycles. The van der Waals surface area contributed by atoms with Gasteiger partial charge in [-0.3, -0.25) is 4.99 Å². The monoisotopic (exact) mass is 548 g/mol. The van der Waals surface area contributed by atoms with Gasteiger partial charge in [0.15, 0.2) is 17.5 Å². The van der Waals surface area contributed by atoms with E-state index in [2.05, 4.69) is 15.2 Å². The number of piperazine rings is 1. The Morgan fingerprint density at radius 1 is 1.10 bits per heavy atom. The van der Waals surface area contributed by atoms with Crippen molar-refractivity contribution >= 4 is 36.0 Å². The number of guanidine groups is 1. The van der Waals surface area contributed by atoms with Crippen LogP contribution in [0.15, 0.2) is 17.1 Å². The second-order valence-electron chi connectivity index (χ2n) is 8.31. The third-order valence-corrected chi connectivity index (χ3v) is 5.08. The highest BCUT2D eigenvalue weighted by atomic mass is 127. The molecule has 0 spiro atoms. The highest BCUT2D eigenvalue weighted by Gasteiger charge is 2.36. The van der Waals surface area contributed by atoms with E-state index < -0.39 is 5.60 Å². The summed E-state index contributed by atoms with van der Waals surface area (Å²) >= 11 is 0. The Morgan fingerprint density at radius 3 is 2.35 bits per heavy atom. The van der Waals surface area contributed by atoms with Gasteiger partial charge in [-0.15, -0.1) is 24.0 Å². The zero-order chi connectivity index (χ0) is 21.9. The van der Waals surface area contributed by atoms with Crippen LogP contribution in [0.3, 0.4) is 0 Å². The minimum atomic E-state index is -0.494. The van der Waals surface area contributed by atoms with Crippen LogP contribution in [0, 0.1) is 0 Å². The number of amides is 1. The van der Waals surface area contributed by atoms with Crippen molar-refractivity contribution in [1.82, 2.24) is 15.1 Å². The maximum atomic E-state index is 12.4. The first-order valence-corrected chi connectivity index (χ1v) is 10.1. The molecule has 0 bridgehead atoms. The molecule has 1 unspecified atom stereocenters. The molecular formula is C21H33IN4O5. The predicted octanol–water partition coefficient (Wildman–Crippen LogP) is 2.71. The molecule has 2 aliphatic rings. The van der Waals surface area contributed by atoms with E-state index in [0.29, 0.717) is 50.0 Å². The van der Waals surface area contributed by atoms with Gasteiger partial charge in [-0.05, 0) is 26.8 Å². The summed E-state index contributed by atoms with van der Waals surface area (Å²) in [6.45, 7) is 8.72. The average Bonchev–Trinajstić information content (AvgIpc) is 3.12. The lowest BCUT2D eigenvalue weighted by molar-refractivity contribution is 0.0137. The summed E-state index contributed by atoms with van der Waals surface area (Å²) in [5.41, 5.74) is 0.444. The number of methoxy groups -OCH3 is 3. The number of ether oxygens (including phenoxy) is 4. The highest BCUT2D eigenvalue weighted by molar-refractivity contribution is 14.0. The number of halogens is 1. The van der Waals surface area contributed by atoms with Crippen LogP contribution in [0.5, 0.6) is 17.2 Å². The van der Waals surface area contributed by atoms with E-state index in [1.54, 1.807) is 26.2 Å². The molecule has 31 heavy (non-hydrogen) atoms. The van der Waals surface area contributed by atoms with Crippen molar-refractivity contribution in [2.75, 3.05) is 47.5 Å². The second-order valence-corrected chi connectivity index (χ2v) is 8.31. The molecule has 0 saturated carbocycles. The first-order valence-electron chi connectivity index (χ1n) is 10.1. The van der Waals surface area contributed by atoms with Gasteiger partial charge in [0.25, 0.3) is 0 Å². The Balaban J connectivity index is 0.00000341. The standard InChI is InChI=1S/C21H32N4O5.HI/c1-21(2,3)30-20(26)24-7-8-25-15(13-24)12-23-19(25)22-11-14-9-17(28-5)18(29-6)10-16(14)27-4;/h9-10,15H,7-8,11-13H2,1-6H3,(H,22,23);1H. The average molecular weight is 548 g/mol. The summed E-state index contributed by atoms with van der Waals surface area (Å²) in [6, 6.07) is 3.87. The summed E-state index contributed by atoms with van der Waals surface area (Å²) < 4.78 is 21.8. The van der Waals surface area contributed by atoms with Crippen LogP contribution in [0.1, 0.15) is 26.3 Å². The fourth-order valence-electron chi connectivity index (χ4n) is 3.63. The molecule has 2 aliphatic heterocycles. The molecule has 0 radical (unpaired) electrons. The third kappa shape index (κ3) is 5.98. The van der Waals surface area contributed by atoms with Gasteiger partial charge in [-0.25, -0.2) is 4.79 Å². The molecule has 174 valence electrons. The van der Waals surface area contributed by atoms with Crippen molar-refractivity contribution in [3.8, 4) is 17.2 Å². The number of nitrogens with one attached hydrogen (secondary N) is 1. The molecule has 0 aromatic heterocycles. The zero-order valence-electron chi connectivity index (χ0n) is 19.1. The Bertz CT molecular complexity index is 812. The van der Waals surface area contributed by atoms with Gasteiger partial charge in [-0.1, -0.05) is 0 Å². The summed E-state index contributed by atoms with van der Waals surface area (Å²) in [4.78, 5) is 21.0. The van der Waals surface area contributed by atoms with Crippen molar-refractivity contribution in [3.05, 3.63) is 17.7 Å². The van der Waals surface area contributed by atoms with E-state index in [1.807, 2.05) is 32.9 Å². The molecule has 9 nitrogen and oxygen atoms in total. The third-order valence-electron chi connectivity index (χ3n) is 5.08. The van der Waals surface area contributed by atoms with Gasteiger partial charge in [0, 0.05) is 37.8 Å². The molecule has 1 aromatic carbocycles. The smallest absolute Gasteiger partial charge is 0.410 e. The van der Waals surface area contributed by atoms with Crippen molar-refractivity contribution < 1.29 is 23.7 Å². The Labute approximate surface area is 201 Å². The Morgan fingerprint density at radius 2 is 1.74 bits per heavy atom. The number of carbonyl (C=O) groups excluding carboxylic acids is 1. The van der Waals surface area contributed by atoms with Crippen LogP contribution < -0.4 is 19.5 Å². The minimum Gasteiger partial charge on any atom is -0.496 e. The lowest BCUT2D eigenvalue weighted by Crippen LogP contribution is -2.57. The zero-order valence-corrected chi connectivity index (χ0v) is 21.4. The van der Waals surface area contributed by atoms with Crippen molar-refractivity contribution in [2.45, 2.75) is 39.0 Å². The number of benzene rings is 1. The number of fused-ring (bicyclic) bond motifs is 1. The maximum Gasteiger partial charge on any atom is 0.410 e. The van der Waals surface area contributed by atoms with Gasteiger partial charge in [0.05, 0.1) is 33.9 Å². The van der Waals surface area contributed by atoms with Gasteiger partial charge >= 0.3 is 6.09 Å². The van der Waals surface area contributed by atoms with E-state index in [0.717, 1.165) is 11.5 Å². The first kappa shape index (κ1) is 25.2. The van der Waals surface area contributed by atoms with Gasteiger partial charge in [0.2, 0.25) is 0 Å². The second kappa shape index (κ2) is 10.5. The van der Waals surface area contributed by atoms with Gasteiger partial charge < -0.3 is 34.1 Å². The van der Waals surface area contributed by atoms with Crippen LogP contribution in [-0.2, 0) is 11.3 Å². The van der Waals surface area contributed by atoms with Crippen molar-refractivity contribution in [1.29, 1.82) is 0 Å². The number of carbonyl (C=O) groups is 1. The fourth-order valence-corrected chi connectivity index (χ4v) is 3.63. The molecule has 1 atom stereocenters. The lowest BCUT2D eigenvalue weighted by Gasteiger charge is -2.39. The van der Waals surface area contributed by atoms with Crippen molar-refractivity contribution in [2.24, 2.45) is 4.99 Å². The predicted molar refractivity (Wildman–Crippen MR) is 129 cm³/mol. The van der Waals surface area contributed by atoms with E-state index >= 15 is 0 Å². The topological polar surface area (TPSA) is 84.9 Å². The molecule has 10 heteroatoms. The van der Waals surface area contributed by atoms with Crippen LogP contribution in [-0.4, -0.2) is 81.0 Å². The lowest BCUT2D eigenvalue weighted by atomic mass is 10.1. The number of rotatable bonds is 5. The molecule has 1 N–H and O–H groups in total. The SMILES string of the molecule is COc1cc(OC)c(OC)cc1CNC1=NCC2CN(C(=O)OC(C)(C)C)CCN12.I. The number of hydrogen-bond donors (Lipinski definition) is 1. The summed E-state index contributed by atoms with van der Waals surface area (Å²) in [5, 5.41) is 3.41. The Hall–Kier alpha value is -2.11. The minimum absolute atomic E-state index is 0. The van der Waals surface area contributed by atoms with Crippen molar-refractivity contribution in [3.63, 3.8) is 0 Å². The fraction of sp³-hybridized carbons (Fsp3) is 0.619. The largest absolute Gasteiger partial charge is 0.496 e. The maximum absolute atomic E-state index is 12.4.